The quantitative estimate of drug-likeness (QED) is 0.687. The number of hydrogen-bond donors (Lipinski definition) is 2. The van der Waals surface area contributed by atoms with E-state index in [-0.39, 0.29) is 18.6 Å². The molecule has 1 heterocycles. The van der Waals surface area contributed by atoms with Crippen LogP contribution in [0, 0.1) is 11.8 Å². The second kappa shape index (κ2) is 3.65. The van der Waals surface area contributed by atoms with Gasteiger partial charge in [-0.25, -0.2) is 0 Å². The molecule has 0 spiro atoms. The lowest BCUT2D eigenvalue weighted by atomic mass is 9.95. The molecule has 0 aromatic heterocycles. The Hall–Kier alpha value is -0.800. The highest BCUT2D eigenvalue weighted by atomic mass is 32.1. The highest BCUT2D eigenvalue weighted by Gasteiger charge is 2.54. The Bertz CT molecular complexity index is 394. The van der Waals surface area contributed by atoms with E-state index in [1.807, 2.05) is 13.0 Å². The number of fused-ring (bicyclic) bond motifs is 1. The molecule has 0 radical (unpaired) electrons. The third-order valence-electron chi connectivity index (χ3n) is 3.18. The number of aliphatic imine (C=N–C) groups is 1. The fourth-order valence-electron chi connectivity index (χ4n) is 2.32. The minimum atomic E-state index is 0.182. The van der Waals surface area contributed by atoms with E-state index < -0.39 is 0 Å². The maximum Gasteiger partial charge on any atom is 0.0776 e. The van der Waals surface area contributed by atoms with Crippen molar-refractivity contribution in [3.05, 3.63) is 35.3 Å². The molecule has 3 heteroatoms. The molecule has 2 aliphatic rings. The molecule has 1 aliphatic heterocycles. The highest BCUT2D eigenvalue weighted by molar-refractivity contribution is 7.85. The molecule has 1 aliphatic carbocycles. The van der Waals surface area contributed by atoms with Crippen molar-refractivity contribution in [2.24, 2.45) is 16.8 Å². The summed E-state index contributed by atoms with van der Waals surface area (Å²) in [5.74, 6) is 0.579. The summed E-state index contributed by atoms with van der Waals surface area (Å²) in [6.45, 7) is 10.0. The summed E-state index contributed by atoms with van der Waals surface area (Å²) in [6, 6.07) is 0.199. The van der Waals surface area contributed by atoms with E-state index in [1.165, 1.54) is 0 Å². The summed E-state index contributed by atoms with van der Waals surface area (Å²) in [5, 5.41) is 9.17. The summed E-state index contributed by atoms with van der Waals surface area (Å²) in [6.07, 6.45) is 1.99. The molecule has 15 heavy (non-hydrogen) atoms. The fourth-order valence-corrected chi connectivity index (χ4v) is 2.50. The summed E-state index contributed by atoms with van der Waals surface area (Å²) in [4.78, 5) is 5.23. The second-order valence-corrected chi connectivity index (χ2v) is 4.55. The van der Waals surface area contributed by atoms with E-state index >= 15 is 0 Å². The Balaban J connectivity index is 2.39. The molecule has 3 atom stereocenters. The molecule has 0 amide bonds. The summed E-state index contributed by atoms with van der Waals surface area (Å²) >= 11 is 4.24. The first kappa shape index (κ1) is 10.7. The molecule has 1 fully saturated rings. The monoisotopic (exact) mass is 221 g/mol. The van der Waals surface area contributed by atoms with Crippen LogP contribution in [0.25, 0.3) is 0 Å². The maximum absolute atomic E-state index is 9.17. The van der Waals surface area contributed by atoms with Crippen LogP contribution in [0.3, 0.4) is 0 Å². The Morgan fingerprint density at radius 1 is 1.67 bits per heavy atom. The lowest BCUT2D eigenvalue weighted by Crippen LogP contribution is -2.13. The van der Waals surface area contributed by atoms with Gasteiger partial charge in [0, 0.05) is 23.3 Å². The van der Waals surface area contributed by atoms with Crippen LogP contribution in [0.1, 0.15) is 6.92 Å². The number of rotatable bonds is 2. The van der Waals surface area contributed by atoms with Crippen molar-refractivity contribution in [3.8, 4) is 0 Å². The summed E-state index contributed by atoms with van der Waals surface area (Å²) in [7, 11) is 0. The first-order chi connectivity index (χ1) is 7.11. The van der Waals surface area contributed by atoms with Gasteiger partial charge in [-0.15, -0.1) is 12.6 Å². The molecular weight excluding hydrogens is 206 g/mol. The lowest BCUT2D eigenvalue weighted by Gasteiger charge is -2.17. The van der Waals surface area contributed by atoms with Crippen molar-refractivity contribution in [1.29, 1.82) is 0 Å². The average molecular weight is 221 g/mol. The van der Waals surface area contributed by atoms with Crippen molar-refractivity contribution in [2.45, 2.75) is 13.0 Å². The van der Waals surface area contributed by atoms with Gasteiger partial charge in [0.15, 0.2) is 0 Å². The van der Waals surface area contributed by atoms with Crippen LogP contribution in [0.5, 0.6) is 0 Å². The highest BCUT2D eigenvalue weighted by Crippen LogP contribution is 2.52. The van der Waals surface area contributed by atoms with Gasteiger partial charge < -0.3 is 5.11 Å². The molecular formula is C12H15NOS. The van der Waals surface area contributed by atoms with Crippen LogP contribution in [0.2, 0.25) is 0 Å². The van der Waals surface area contributed by atoms with Crippen molar-refractivity contribution >= 4 is 18.3 Å². The van der Waals surface area contributed by atoms with Crippen LogP contribution >= 0.6 is 12.6 Å². The van der Waals surface area contributed by atoms with E-state index in [1.54, 1.807) is 0 Å². The molecule has 0 saturated heterocycles. The lowest BCUT2D eigenvalue weighted by molar-refractivity contribution is 0.270. The van der Waals surface area contributed by atoms with Crippen LogP contribution in [0.4, 0.5) is 0 Å². The van der Waals surface area contributed by atoms with Crippen molar-refractivity contribution in [1.82, 2.24) is 0 Å². The average Bonchev–Trinajstić information content (AvgIpc) is 2.91. The van der Waals surface area contributed by atoms with E-state index in [0.29, 0.717) is 10.8 Å². The van der Waals surface area contributed by atoms with Crippen molar-refractivity contribution < 1.29 is 5.11 Å². The van der Waals surface area contributed by atoms with Crippen LogP contribution in [-0.4, -0.2) is 23.5 Å². The number of allylic oxidation sites excluding steroid dienone is 3. The predicted octanol–water partition coefficient (Wildman–Crippen LogP) is 1.99. The SMILES string of the molecule is C=C(S)C1=NC2C(CO)C2C(=C)/C1=C\C. The Morgan fingerprint density at radius 2 is 2.33 bits per heavy atom. The smallest absolute Gasteiger partial charge is 0.0776 e. The normalized spacial score (nSPS) is 36.2. The van der Waals surface area contributed by atoms with E-state index in [4.69, 9.17) is 5.11 Å². The van der Waals surface area contributed by atoms with Gasteiger partial charge in [0.25, 0.3) is 0 Å². The second-order valence-electron chi connectivity index (χ2n) is 4.01. The van der Waals surface area contributed by atoms with Gasteiger partial charge in [-0.1, -0.05) is 19.2 Å². The van der Waals surface area contributed by atoms with Gasteiger partial charge in [0.05, 0.1) is 11.8 Å². The third kappa shape index (κ3) is 1.50. The van der Waals surface area contributed by atoms with Gasteiger partial charge >= 0.3 is 0 Å². The Morgan fingerprint density at radius 3 is 2.80 bits per heavy atom. The zero-order chi connectivity index (χ0) is 11.2. The van der Waals surface area contributed by atoms with Crippen molar-refractivity contribution in [3.63, 3.8) is 0 Å². The summed E-state index contributed by atoms with van der Waals surface area (Å²) in [5.41, 5.74) is 2.94. The van der Waals surface area contributed by atoms with E-state index in [2.05, 4.69) is 30.8 Å². The molecule has 1 N–H and O–H groups in total. The third-order valence-corrected chi connectivity index (χ3v) is 3.39. The zero-order valence-corrected chi connectivity index (χ0v) is 9.67. The molecule has 1 saturated carbocycles. The first-order valence-electron chi connectivity index (χ1n) is 5.04. The number of aliphatic hydroxyl groups excluding tert-OH is 1. The summed E-state index contributed by atoms with van der Waals surface area (Å²) < 4.78 is 0. The molecule has 3 unspecified atom stereocenters. The Labute approximate surface area is 95.5 Å². The fraction of sp³-hybridized carbons (Fsp3) is 0.417. The standard InChI is InChI=1S/C12H15NOS/c1-4-8-6(2)10-9(5-14)12(10)13-11(8)7(3)15/h4,9-10,12,14-15H,2-3,5H2,1H3/b8-4+. The van der Waals surface area contributed by atoms with Gasteiger partial charge in [-0.3, -0.25) is 4.99 Å². The largest absolute Gasteiger partial charge is 0.396 e. The molecule has 0 aromatic rings. The van der Waals surface area contributed by atoms with Crippen LogP contribution in [0.15, 0.2) is 40.3 Å². The first-order valence-corrected chi connectivity index (χ1v) is 5.49. The molecule has 2 nitrogen and oxygen atoms in total. The molecule has 0 aromatic carbocycles. The topological polar surface area (TPSA) is 32.6 Å². The minimum Gasteiger partial charge on any atom is -0.396 e. The van der Waals surface area contributed by atoms with Gasteiger partial charge in [0.1, 0.15) is 0 Å². The Kier molecular flexibility index (Phi) is 2.61. The van der Waals surface area contributed by atoms with E-state index in [0.717, 1.165) is 16.9 Å². The van der Waals surface area contributed by atoms with E-state index in [9.17, 15) is 0 Å². The number of hydrogen-bond acceptors (Lipinski definition) is 3. The maximum atomic E-state index is 9.17. The van der Waals surface area contributed by atoms with Crippen LogP contribution in [-0.2, 0) is 0 Å². The van der Waals surface area contributed by atoms with Gasteiger partial charge in [0.2, 0.25) is 0 Å². The van der Waals surface area contributed by atoms with Gasteiger partial charge in [-0.05, 0) is 18.1 Å². The number of nitrogens with zero attached hydrogens (tertiary/aromatic N) is 1. The van der Waals surface area contributed by atoms with Crippen molar-refractivity contribution in [2.75, 3.05) is 6.61 Å². The van der Waals surface area contributed by atoms with Crippen LogP contribution < -0.4 is 0 Å². The molecule has 2 rings (SSSR count). The number of aliphatic hydroxyl groups is 1. The zero-order valence-electron chi connectivity index (χ0n) is 8.77. The minimum absolute atomic E-state index is 0.182. The van der Waals surface area contributed by atoms with Gasteiger partial charge in [-0.2, -0.15) is 0 Å². The number of thiol groups is 1. The molecule has 0 bridgehead atoms. The molecule has 80 valence electrons. The predicted molar refractivity (Wildman–Crippen MR) is 66.3 cm³/mol.